The monoisotopic (exact) mass is 315 g/mol. The van der Waals surface area contributed by atoms with E-state index < -0.39 is 0 Å². The van der Waals surface area contributed by atoms with Gasteiger partial charge in [0.15, 0.2) is 0 Å². The zero-order chi connectivity index (χ0) is 15.6. The molecular formula is C18H25N3O2. The number of carbonyl (C=O) groups is 1. The molecule has 1 atom stereocenters. The van der Waals surface area contributed by atoms with Crippen LogP contribution in [0.4, 0.5) is 0 Å². The maximum absolute atomic E-state index is 12.5. The molecule has 1 aromatic rings. The smallest absolute Gasteiger partial charge is 0.226 e. The molecular weight excluding hydrogens is 290 g/mol. The minimum Gasteiger partial charge on any atom is -0.379 e. The van der Waals surface area contributed by atoms with E-state index in [2.05, 4.69) is 28.0 Å². The molecule has 23 heavy (non-hydrogen) atoms. The van der Waals surface area contributed by atoms with Crippen molar-refractivity contribution in [3.8, 4) is 0 Å². The van der Waals surface area contributed by atoms with Crippen molar-refractivity contribution < 1.29 is 9.53 Å². The number of nitrogens with zero attached hydrogens (tertiary/aromatic N) is 3. The average molecular weight is 315 g/mol. The standard InChI is InChI=1S/C18H25N3O2/c22-18(14-6-7-14)21-8-2-5-17(21)16-4-1-3-15(19-16)13-20-9-11-23-12-10-20/h1,3-4,14,17H,2,5-13H2/t17-/m1/s1. The molecule has 0 aromatic carbocycles. The lowest BCUT2D eigenvalue weighted by Gasteiger charge is -2.27. The summed E-state index contributed by atoms with van der Waals surface area (Å²) in [5.41, 5.74) is 2.18. The summed E-state index contributed by atoms with van der Waals surface area (Å²) >= 11 is 0. The lowest BCUT2D eigenvalue weighted by molar-refractivity contribution is -0.133. The Hall–Kier alpha value is -1.46. The van der Waals surface area contributed by atoms with Gasteiger partial charge in [0.2, 0.25) is 5.91 Å². The molecule has 1 amide bonds. The van der Waals surface area contributed by atoms with Gasteiger partial charge in [0.1, 0.15) is 0 Å². The van der Waals surface area contributed by atoms with Crippen LogP contribution in [0.15, 0.2) is 18.2 Å². The molecule has 2 saturated heterocycles. The molecule has 1 saturated carbocycles. The molecule has 1 aromatic heterocycles. The number of hydrogen-bond donors (Lipinski definition) is 0. The van der Waals surface area contributed by atoms with Crippen LogP contribution in [0.5, 0.6) is 0 Å². The summed E-state index contributed by atoms with van der Waals surface area (Å²) in [4.78, 5) is 21.8. The van der Waals surface area contributed by atoms with Crippen molar-refractivity contribution in [2.45, 2.75) is 38.3 Å². The van der Waals surface area contributed by atoms with E-state index in [0.717, 1.165) is 76.5 Å². The second kappa shape index (κ2) is 6.57. The van der Waals surface area contributed by atoms with Crippen LogP contribution in [0.3, 0.4) is 0 Å². The molecule has 4 rings (SSSR count). The van der Waals surface area contributed by atoms with Crippen molar-refractivity contribution in [1.29, 1.82) is 0 Å². The first kappa shape index (κ1) is 15.1. The van der Waals surface area contributed by atoms with E-state index >= 15 is 0 Å². The third-order valence-electron chi connectivity index (χ3n) is 5.12. The molecule has 124 valence electrons. The maximum Gasteiger partial charge on any atom is 0.226 e. The van der Waals surface area contributed by atoms with E-state index in [1.165, 1.54) is 0 Å². The van der Waals surface area contributed by atoms with Gasteiger partial charge in [-0.3, -0.25) is 14.7 Å². The van der Waals surface area contributed by atoms with Gasteiger partial charge in [0, 0.05) is 32.1 Å². The molecule has 1 aliphatic carbocycles. The Balaban J connectivity index is 1.47. The topological polar surface area (TPSA) is 45.7 Å². The molecule has 5 nitrogen and oxygen atoms in total. The number of carbonyl (C=O) groups excluding carboxylic acids is 1. The maximum atomic E-state index is 12.5. The summed E-state index contributed by atoms with van der Waals surface area (Å²) in [6.07, 6.45) is 4.30. The quantitative estimate of drug-likeness (QED) is 0.852. The van der Waals surface area contributed by atoms with Crippen LogP contribution < -0.4 is 0 Å². The fraction of sp³-hybridized carbons (Fsp3) is 0.667. The van der Waals surface area contributed by atoms with E-state index in [-0.39, 0.29) is 6.04 Å². The van der Waals surface area contributed by atoms with Crippen molar-refractivity contribution in [3.63, 3.8) is 0 Å². The Morgan fingerprint density at radius 1 is 1.17 bits per heavy atom. The number of morpholine rings is 1. The predicted molar refractivity (Wildman–Crippen MR) is 86.7 cm³/mol. The zero-order valence-electron chi connectivity index (χ0n) is 13.6. The van der Waals surface area contributed by atoms with E-state index in [4.69, 9.17) is 9.72 Å². The van der Waals surface area contributed by atoms with Gasteiger partial charge in [0.25, 0.3) is 0 Å². The van der Waals surface area contributed by atoms with E-state index in [9.17, 15) is 4.79 Å². The van der Waals surface area contributed by atoms with E-state index in [1.807, 2.05) is 0 Å². The number of aromatic nitrogens is 1. The number of ether oxygens (including phenoxy) is 1. The largest absolute Gasteiger partial charge is 0.379 e. The lowest BCUT2D eigenvalue weighted by Crippen LogP contribution is -2.36. The lowest BCUT2D eigenvalue weighted by atomic mass is 10.1. The highest BCUT2D eigenvalue weighted by atomic mass is 16.5. The van der Waals surface area contributed by atoms with Gasteiger partial charge < -0.3 is 9.64 Å². The van der Waals surface area contributed by atoms with Crippen LogP contribution >= 0.6 is 0 Å². The van der Waals surface area contributed by atoms with Gasteiger partial charge >= 0.3 is 0 Å². The molecule has 0 N–H and O–H groups in total. The predicted octanol–water partition coefficient (Wildman–Crippen LogP) is 1.99. The number of hydrogen-bond acceptors (Lipinski definition) is 4. The van der Waals surface area contributed by atoms with Gasteiger partial charge in [-0.05, 0) is 37.8 Å². The van der Waals surface area contributed by atoms with Gasteiger partial charge in [-0.25, -0.2) is 0 Å². The van der Waals surface area contributed by atoms with Gasteiger partial charge in [0.05, 0.1) is 30.6 Å². The first-order valence-corrected chi connectivity index (χ1v) is 8.88. The van der Waals surface area contributed by atoms with Crippen molar-refractivity contribution in [1.82, 2.24) is 14.8 Å². The van der Waals surface area contributed by atoms with Crippen LogP contribution in [0.1, 0.15) is 43.1 Å². The van der Waals surface area contributed by atoms with Crippen molar-refractivity contribution in [3.05, 3.63) is 29.6 Å². The minimum atomic E-state index is 0.188. The number of amides is 1. The Morgan fingerprint density at radius 3 is 2.78 bits per heavy atom. The molecule has 0 bridgehead atoms. The third kappa shape index (κ3) is 3.40. The molecule has 0 unspecified atom stereocenters. The van der Waals surface area contributed by atoms with Gasteiger partial charge in [-0.2, -0.15) is 0 Å². The van der Waals surface area contributed by atoms with Crippen LogP contribution in [-0.2, 0) is 16.1 Å². The average Bonchev–Trinajstić information content (AvgIpc) is 3.32. The molecule has 3 fully saturated rings. The van der Waals surface area contributed by atoms with Crippen molar-refractivity contribution >= 4 is 5.91 Å². The van der Waals surface area contributed by atoms with Crippen LogP contribution in [0.25, 0.3) is 0 Å². The molecule has 2 aliphatic heterocycles. The highest BCUT2D eigenvalue weighted by molar-refractivity contribution is 5.81. The van der Waals surface area contributed by atoms with E-state index in [1.54, 1.807) is 0 Å². The van der Waals surface area contributed by atoms with Gasteiger partial charge in [-0.15, -0.1) is 0 Å². The van der Waals surface area contributed by atoms with E-state index in [0.29, 0.717) is 11.8 Å². The minimum absolute atomic E-state index is 0.188. The third-order valence-corrected chi connectivity index (χ3v) is 5.12. The highest BCUT2D eigenvalue weighted by Crippen LogP contribution is 2.38. The molecule has 3 heterocycles. The molecule has 3 aliphatic rings. The molecule has 5 heteroatoms. The Morgan fingerprint density at radius 2 is 2.00 bits per heavy atom. The fourth-order valence-corrected chi connectivity index (χ4v) is 3.66. The second-order valence-electron chi connectivity index (χ2n) is 6.91. The van der Waals surface area contributed by atoms with Gasteiger partial charge in [-0.1, -0.05) is 6.07 Å². The first-order chi connectivity index (χ1) is 11.3. The number of likely N-dealkylation sites (tertiary alicyclic amines) is 1. The summed E-state index contributed by atoms with van der Waals surface area (Å²) in [5, 5.41) is 0. The molecule has 0 radical (unpaired) electrons. The Bertz CT molecular complexity index is 567. The summed E-state index contributed by atoms with van der Waals surface area (Å²) in [6.45, 7) is 5.34. The van der Waals surface area contributed by atoms with Crippen molar-refractivity contribution in [2.75, 3.05) is 32.8 Å². The Kier molecular flexibility index (Phi) is 4.31. The fourth-order valence-electron chi connectivity index (χ4n) is 3.66. The molecule has 0 spiro atoms. The van der Waals surface area contributed by atoms with Crippen molar-refractivity contribution in [2.24, 2.45) is 5.92 Å². The zero-order valence-corrected chi connectivity index (χ0v) is 13.6. The van der Waals surface area contributed by atoms with Crippen LogP contribution in [-0.4, -0.2) is 53.5 Å². The number of pyridine rings is 1. The highest BCUT2D eigenvalue weighted by Gasteiger charge is 2.39. The Labute approximate surface area is 137 Å². The SMILES string of the molecule is O=C(C1CC1)N1CCC[C@@H]1c1cccc(CN2CCOCC2)n1. The summed E-state index contributed by atoms with van der Waals surface area (Å²) in [5.74, 6) is 0.653. The van der Waals surface area contributed by atoms with Crippen LogP contribution in [0.2, 0.25) is 0 Å². The number of rotatable bonds is 4. The summed E-state index contributed by atoms with van der Waals surface area (Å²) in [6, 6.07) is 6.47. The summed E-state index contributed by atoms with van der Waals surface area (Å²) < 4.78 is 5.40. The van der Waals surface area contributed by atoms with Crippen LogP contribution in [0, 0.1) is 5.92 Å². The summed E-state index contributed by atoms with van der Waals surface area (Å²) in [7, 11) is 0. The first-order valence-electron chi connectivity index (χ1n) is 8.88. The normalized spacial score (nSPS) is 25.7. The second-order valence-corrected chi connectivity index (χ2v) is 6.91.